The maximum absolute atomic E-state index is 12.3. The third-order valence-corrected chi connectivity index (χ3v) is 5.06. The fourth-order valence-corrected chi connectivity index (χ4v) is 3.57. The zero-order chi connectivity index (χ0) is 17.8. The summed E-state index contributed by atoms with van der Waals surface area (Å²) in [6.07, 6.45) is 1.00. The first-order valence-electron chi connectivity index (χ1n) is 8.46. The molecule has 132 valence electrons. The molecule has 0 N–H and O–H groups in total. The number of hydrogen-bond acceptors (Lipinski definition) is 4. The van der Waals surface area contributed by atoms with E-state index in [1.807, 2.05) is 42.5 Å². The van der Waals surface area contributed by atoms with E-state index in [-0.39, 0.29) is 4.87 Å². The van der Waals surface area contributed by atoms with Gasteiger partial charge in [-0.1, -0.05) is 43.4 Å². The van der Waals surface area contributed by atoms with Crippen LogP contribution in [0.15, 0.2) is 47.3 Å². The van der Waals surface area contributed by atoms with Crippen molar-refractivity contribution in [3.05, 3.63) is 57.7 Å². The lowest BCUT2D eigenvalue weighted by Gasteiger charge is -2.13. The number of benzene rings is 2. The van der Waals surface area contributed by atoms with Gasteiger partial charge in [0.15, 0.2) is 11.5 Å². The summed E-state index contributed by atoms with van der Waals surface area (Å²) in [7, 11) is 1.64. The second-order valence-corrected chi connectivity index (χ2v) is 7.43. The molecule has 0 aliphatic rings. The van der Waals surface area contributed by atoms with Crippen molar-refractivity contribution >= 4 is 21.6 Å². The summed E-state index contributed by atoms with van der Waals surface area (Å²) in [5.74, 6) is 2.05. The lowest BCUT2D eigenvalue weighted by molar-refractivity contribution is 0.273. The van der Waals surface area contributed by atoms with Gasteiger partial charge >= 0.3 is 4.87 Å². The highest BCUT2D eigenvalue weighted by molar-refractivity contribution is 7.16. The van der Waals surface area contributed by atoms with E-state index < -0.39 is 0 Å². The molecule has 0 atom stereocenters. The standard InChI is InChI=1S/C20H23NO3S/c1-14(2)10-11-24-17-9-8-15(12-18(17)23-3)13-21-16-6-4-5-7-19(16)25-20(21)22/h4-9,12,14H,10-11,13H2,1-3H3. The predicted octanol–water partition coefficient (Wildman–Crippen LogP) is 4.54. The van der Waals surface area contributed by atoms with Gasteiger partial charge in [0, 0.05) is 0 Å². The summed E-state index contributed by atoms with van der Waals surface area (Å²) >= 11 is 1.28. The van der Waals surface area contributed by atoms with Crippen LogP contribution in [0.25, 0.3) is 10.2 Å². The molecule has 0 aliphatic carbocycles. The number of rotatable bonds is 7. The molecule has 3 rings (SSSR count). The Morgan fingerprint density at radius 1 is 1.12 bits per heavy atom. The van der Waals surface area contributed by atoms with Crippen LogP contribution in [-0.2, 0) is 6.54 Å². The lowest BCUT2D eigenvalue weighted by atomic mass is 10.1. The molecule has 0 aliphatic heterocycles. The van der Waals surface area contributed by atoms with Crippen LogP contribution in [0.5, 0.6) is 11.5 Å². The smallest absolute Gasteiger partial charge is 0.308 e. The van der Waals surface area contributed by atoms with Gasteiger partial charge in [0.1, 0.15) is 0 Å². The summed E-state index contributed by atoms with van der Waals surface area (Å²) < 4.78 is 14.1. The fraction of sp³-hybridized carbons (Fsp3) is 0.350. The molecule has 0 spiro atoms. The summed E-state index contributed by atoms with van der Waals surface area (Å²) in [6, 6.07) is 13.7. The van der Waals surface area contributed by atoms with Crippen LogP contribution in [0.3, 0.4) is 0 Å². The Morgan fingerprint density at radius 2 is 1.92 bits per heavy atom. The minimum atomic E-state index is 0.0532. The van der Waals surface area contributed by atoms with Gasteiger partial charge in [-0.25, -0.2) is 0 Å². The molecule has 0 amide bonds. The number of thiazole rings is 1. The Morgan fingerprint density at radius 3 is 2.68 bits per heavy atom. The van der Waals surface area contributed by atoms with E-state index in [9.17, 15) is 4.79 Å². The number of hydrogen-bond donors (Lipinski definition) is 0. The van der Waals surface area contributed by atoms with Gasteiger partial charge in [-0.3, -0.25) is 9.36 Å². The molecule has 1 heterocycles. The number of fused-ring (bicyclic) bond motifs is 1. The molecular formula is C20H23NO3S. The van der Waals surface area contributed by atoms with Crippen LogP contribution >= 0.6 is 11.3 Å². The third kappa shape index (κ3) is 4.04. The Bertz CT molecular complexity index is 911. The highest BCUT2D eigenvalue weighted by Crippen LogP contribution is 2.29. The quantitative estimate of drug-likeness (QED) is 0.623. The van der Waals surface area contributed by atoms with Gasteiger partial charge in [0.2, 0.25) is 0 Å². The van der Waals surface area contributed by atoms with Crippen molar-refractivity contribution < 1.29 is 9.47 Å². The maximum Gasteiger partial charge on any atom is 0.308 e. The van der Waals surface area contributed by atoms with Crippen LogP contribution in [-0.4, -0.2) is 18.3 Å². The minimum Gasteiger partial charge on any atom is -0.493 e. The highest BCUT2D eigenvalue weighted by atomic mass is 32.1. The SMILES string of the molecule is COc1cc(Cn2c(=O)sc3ccccc32)ccc1OCCC(C)C. The molecule has 0 bridgehead atoms. The molecular weight excluding hydrogens is 334 g/mol. The number of ether oxygens (including phenoxy) is 2. The summed E-state index contributed by atoms with van der Waals surface area (Å²) in [6.45, 7) is 5.53. The molecule has 5 heteroatoms. The first kappa shape index (κ1) is 17.5. The van der Waals surface area contributed by atoms with Crippen LogP contribution in [0.4, 0.5) is 0 Å². The van der Waals surface area contributed by atoms with Crippen molar-refractivity contribution in [2.45, 2.75) is 26.8 Å². The van der Waals surface area contributed by atoms with Crippen molar-refractivity contribution in [2.24, 2.45) is 5.92 Å². The first-order valence-corrected chi connectivity index (χ1v) is 9.28. The first-order chi connectivity index (χ1) is 12.1. The number of nitrogens with zero attached hydrogens (tertiary/aromatic N) is 1. The summed E-state index contributed by atoms with van der Waals surface area (Å²) in [5, 5.41) is 0. The predicted molar refractivity (Wildman–Crippen MR) is 103 cm³/mol. The van der Waals surface area contributed by atoms with Crippen molar-refractivity contribution in [1.29, 1.82) is 0 Å². The van der Waals surface area contributed by atoms with E-state index in [0.717, 1.165) is 28.0 Å². The Balaban J connectivity index is 1.83. The molecule has 0 radical (unpaired) electrons. The maximum atomic E-state index is 12.3. The monoisotopic (exact) mass is 357 g/mol. The van der Waals surface area contributed by atoms with Crippen LogP contribution < -0.4 is 14.3 Å². The third-order valence-electron chi connectivity index (χ3n) is 4.10. The minimum absolute atomic E-state index is 0.0532. The Labute approximate surface area is 151 Å². The molecule has 3 aromatic rings. The lowest BCUT2D eigenvalue weighted by Crippen LogP contribution is -2.13. The average molecular weight is 357 g/mol. The van der Waals surface area contributed by atoms with Crippen LogP contribution in [0.1, 0.15) is 25.8 Å². The van der Waals surface area contributed by atoms with Gasteiger partial charge in [0.05, 0.1) is 30.5 Å². The van der Waals surface area contributed by atoms with E-state index in [0.29, 0.717) is 24.8 Å². The topological polar surface area (TPSA) is 40.5 Å². The second-order valence-electron chi connectivity index (χ2n) is 6.44. The zero-order valence-electron chi connectivity index (χ0n) is 14.8. The Hall–Kier alpha value is -2.27. The van der Waals surface area contributed by atoms with Crippen molar-refractivity contribution in [2.75, 3.05) is 13.7 Å². The van der Waals surface area contributed by atoms with Gasteiger partial charge < -0.3 is 9.47 Å². The second kappa shape index (κ2) is 7.74. The fourth-order valence-electron chi connectivity index (χ4n) is 2.68. The van der Waals surface area contributed by atoms with Gasteiger partial charge in [0.25, 0.3) is 0 Å². The number of aromatic nitrogens is 1. The average Bonchev–Trinajstić information content (AvgIpc) is 2.91. The number of para-hydroxylation sites is 1. The van der Waals surface area contributed by atoms with Crippen molar-refractivity contribution in [3.8, 4) is 11.5 Å². The van der Waals surface area contributed by atoms with E-state index in [4.69, 9.17) is 9.47 Å². The van der Waals surface area contributed by atoms with Crippen molar-refractivity contribution in [1.82, 2.24) is 4.57 Å². The van der Waals surface area contributed by atoms with Gasteiger partial charge in [-0.05, 0) is 42.2 Å². The van der Waals surface area contributed by atoms with E-state index >= 15 is 0 Å². The van der Waals surface area contributed by atoms with Gasteiger partial charge in [-0.15, -0.1) is 0 Å². The molecule has 2 aromatic carbocycles. The molecule has 4 nitrogen and oxygen atoms in total. The normalized spacial score (nSPS) is 11.2. The molecule has 25 heavy (non-hydrogen) atoms. The van der Waals surface area contributed by atoms with E-state index in [1.54, 1.807) is 11.7 Å². The largest absolute Gasteiger partial charge is 0.493 e. The summed E-state index contributed by atoms with van der Waals surface area (Å²) in [5.41, 5.74) is 1.98. The molecule has 0 unspecified atom stereocenters. The Kier molecular flexibility index (Phi) is 5.43. The van der Waals surface area contributed by atoms with Crippen LogP contribution in [0, 0.1) is 5.92 Å². The summed E-state index contributed by atoms with van der Waals surface area (Å²) in [4.78, 5) is 12.3. The van der Waals surface area contributed by atoms with E-state index in [2.05, 4.69) is 13.8 Å². The molecule has 0 saturated carbocycles. The molecule has 0 saturated heterocycles. The van der Waals surface area contributed by atoms with Crippen molar-refractivity contribution in [3.63, 3.8) is 0 Å². The molecule has 1 aromatic heterocycles. The zero-order valence-corrected chi connectivity index (χ0v) is 15.6. The van der Waals surface area contributed by atoms with Gasteiger partial charge in [-0.2, -0.15) is 0 Å². The van der Waals surface area contributed by atoms with Crippen LogP contribution in [0.2, 0.25) is 0 Å². The number of methoxy groups -OCH3 is 1. The van der Waals surface area contributed by atoms with E-state index in [1.165, 1.54) is 11.3 Å². The highest BCUT2D eigenvalue weighted by Gasteiger charge is 2.10. The molecule has 0 fully saturated rings.